The van der Waals surface area contributed by atoms with Crippen molar-refractivity contribution >= 4 is 18.3 Å². The van der Waals surface area contributed by atoms with E-state index in [0.29, 0.717) is 6.54 Å². The molecule has 5 nitrogen and oxygen atoms in total. The second-order valence-corrected chi connectivity index (χ2v) is 3.85. The molecule has 2 N–H and O–H groups in total. The molecule has 0 saturated carbocycles. The van der Waals surface area contributed by atoms with Crippen LogP contribution in [0, 0.1) is 5.92 Å². The van der Waals surface area contributed by atoms with E-state index in [1.807, 2.05) is 13.1 Å². The van der Waals surface area contributed by atoms with Crippen LogP contribution >= 0.6 is 12.4 Å². The molecule has 0 radical (unpaired) electrons. The maximum absolute atomic E-state index is 11.7. The number of halogens is 1. The first-order chi connectivity index (χ1) is 7.27. The summed E-state index contributed by atoms with van der Waals surface area (Å²) in [7, 11) is 1.87. The van der Waals surface area contributed by atoms with Crippen molar-refractivity contribution in [2.45, 2.75) is 13.0 Å². The van der Waals surface area contributed by atoms with Crippen LogP contribution in [-0.4, -0.2) is 28.8 Å². The van der Waals surface area contributed by atoms with Gasteiger partial charge >= 0.3 is 0 Å². The molecule has 1 atom stereocenters. The third-order valence-corrected chi connectivity index (χ3v) is 2.80. The Balaban J connectivity index is 0.00000128. The van der Waals surface area contributed by atoms with Gasteiger partial charge < -0.3 is 10.6 Å². The highest BCUT2D eigenvalue weighted by Gasteiger charge is 2.21. The highest BCUT2D eigenvalue weighted by molar-refractivity contribution is 5.85. The van der Waals surface area contributed by atoms with E-state index in [1.54, 1.807) is 10.9 Å². The number of carbonyl (C=O) groups is 1. The van der Waals surface area contributed by atoms with Crippen LogP contribution in [0.15, 0.2) is 12.3 Å². The number of aryl methyl sites for hydroxylation is 1. The van der Waals surface area contributed by atoms with E-state index in [1.165, 1.54) is 0 Å². The zero-order chi connectivity index (χ0) is 10.7. The average molecular weight is 245 g/mol. The topological polar surface area (TPSA) is 59.0 Å². The van der Waals surface area contributed by atoms with Gasteiger partial charge in [0.15, 0.2) is 0 Å². The van der Waals surface area contributed by atoms with Crippen molar-refractivity contribution in [3.05, 3.63) is 18.0 Å². The molecule has 0 aromatic carbocycles. The molecule has 0 unspecified atom stereocenters. The van der Waals surface area contributed by atoms with Gasteiger partial charge in [0, 0.05) is 19.8 Å². The summed E-state index contributed by atoms with van der Waals surface area (Å²) in [5, 5.41) is 10.2. The van der Waals surface area contributed by atoms with Crippen LogP contribution in [0.4, 0.5) is 0 Å². The summed E-state index contributed by atoms with van der Waals surface area (Å²) < 4.78 is 1.77. The van der Waals surface area contributed by atoms with Crippen LogP contribution < -0.4 is 10.6 Å². The summed E-state index contributed by atoms with van der Waals surface area (Å²) >= 11 is 0. The fourth-order valence-corrected chi connectivity index (χ4v) is 1.78. The summed E-state index contributed by atoms with van der Waals surface area (Å²) in [5.41, 5.74) is 1.02. The van der Waals surface area contributed by atoms with Gasteiger partial charge in [-0.3, -0.25) is 9.48 Å². The number of carbonyl (C=O) groups excluding carboxylic acids is 1. The summed E-state index contributed by atoms with van der Waals surface area (Å²) in [4.78, 5) is 11.7. The molecule has 1 aliphatic heterocycles. The van der Waals surface area contributed by atoms with Gasteiger partial charge in [-0.15, -0.1) is 12.4 Å². The minimum absolute atomic E-state index is 0. The quantitative estimate of drug-likeness (QED) is 0.791. The Morgan fingerprint density at radius 2 is 2.56 bits per heavy atom. The molecule has 1 amide bonds. The van der Waals surface area contributed by atoms with E-state index < -0.39 is 0 Å². The third-order valence-electron chi connectivity index (χ3n) is 2.80. The summed E-state index contributed by atoms with van der Waals surface area (Å²) in [5.74, 6) is 0.277. The van der Waals surface area contributed by atoms with E-state index >= 15 is 0 Å². The van der Waals surface area contributed by atoms with Crippen molar-refractivity contribution < 1.29 is 4.79 Å². The van der Waals surface area contributed by atoms with Gasteiger partial charge in [-0.1, -0.05) is 0 Å². The summed E-state index contributed by atoms with van der Waals surface area (Å²) in [6, 6.07) is 1.91. The van der Waals surface area contributed by atoms with E-state index in [2.05, 4.69) is 15.7 Å². The fourth-order valence-electron chi connectivity index (χ4n) is 1.78. The number of amides is 1. The van der Waals surface area contributed by atoms with Gasteiger partial charge in [0.25, 0.3) is 0 Å². The van der Waals surface area contributed by atoms with E-state index in [9.17, 15) is 4.79 Å². The Labute approximate surface area is 101 Å². The first-order valence-corrected chi connectivity index (χ1v) is 5.22. The normalized spacial score (nSPS) is 19.2. The largest absolute Gasteiger partial charge is 0.350 e. The molecule has 1 fully saturated rings. The van der Waals surface area contributed by atoms with Gasteiger partial charge in [0.05, 0.1) is 18.2 Å². The molecule has 1 saturated heterocycles. The lowest BCUT2D eigenvalue weighted by atomic mass is 10.1. The second kappa shape index (κ2) is 5.86. The molecular weight excluding hydrogens is 228 g/mol. The van der Waals surface area contributed by atoms with Crippen molar-refractivity contribution in [1.82, 2.24) is 20.4 Å². The molecule has 1 aromatic heterocycles. The molecule has 0 bridgehead atoms. The van der Waals surface area contributed by atoms with Crippen molar-refractivity contribution in [1.29, 1.82) is 0 Å². The highest BCUT2D eigenvalue weighted by Crippen LogP contribution is 2.07. The number of nitrogens with one attached hydrogen (secondary N) is 2. The number of aromatic nitrogens is 2. The maximum atomic E-state index is 11.7. The highest BCUT2D eigenvalue weighted by atomic mass is 35.5. The molecule has 1 aliphatic rings. The lowest BCUT2D eigenvalue weighted by Crippen LogP contribution is -2.32. The van der Waals surface area contributed by atoms with Crippen LogP contribution in [-0.2, 0) is 18.4 Å². The van der Waals surface area contributed by atoms with Gasteiger partial charge in [-0.25, -0.2) is 0 Å². The van der Waals surface area contributed by atoms with Crippen molar-refractivity contribution in [2.75, 3.05) is 13.1 Å². The Hall–Kier alpha value is -1.07. The van der Waals surface area contributed by atoms with Crippen molar-refractivity contribution in [3.8, 4) is 0 Å². The minimum atomic E-state index is 0. The first-order valence-electron chi connectivity index (χ1n) is 5.22. The Bertz CT molecular complexity index is 346. The zero-order valence-electron chi connectivity index (χ0n) is 9.27. The molecule has 6 heteroatoms. The van der Waals surface area contributed by atoms with Crippen LogP contribution in [0.25, 0.3) is 0 Å². The van der Waals surface area contributed by atoms with Gasteiger partial charge in [0.1, 0.15) is 0 Å². The van der Waals surface area contributed by atoms with Crippen LogP contribution in [0.5, 0.6) is 0 Å². The van der Waals surface area contributed by atoms with E-state index in [-0.39, 0.29) is 24.2 Å². The second-order valence-electron chi connectivity index (χ2n) is 3.85. The Morgan fingerprint density at radius 3 is 3.12 bits per heavy atom. The molecule has 90 valence electrons. The zero-order valence-corrected chi connectivity index (χ0v) is 10.1. The van der Waals surface area contributed by atoms with Gasteiger partial charge in [-0.05, 0) is 19.0 Å². The predicted molar refractivity (Wildman–Crippen MR) is 63.3 cm³/mol. The monoisotopic (exact) mass is 244 g/mol. The van der Waals surface area contributed by atoms with Crippen molar-refractivity contribution in [3.63, 3.8) is 0 Å². The summed E-state index contributed by atoms with van der Waals surface area (Å²) in [6.07, 6.45) is 2.68. The fraction of sp³-hybridized carbons (Fsp3) is 0.600. The Morgan fingerprint density at radius 1 is 1.75 bits per heavy atom. The molecule has 0 spiro atoms. The van der Waals surface area contributed by atoms with Crippen molar-refractivity contribution in [2.24, 2.45) is 13.0 Å². The maximum Gasteiger partial charge on any atom is 0.224 e. The predicted octanol–water partition coefficient (Wildman–Crippen LogP) is 0.0676. The molecule has 1 aromatic rings. The lowest BCUT2D eigenvalue weighted by Gasteiger charge is -2.09. The summed E-state index contributed by atoms with van der Waals surface area (Å²) in [6.45, 7) is 2.31. The number of rotatable bonds is 3. The number of hydrogen-bond acceptors (Lipinski definition) is 3. The smallest absolute Gasteiger partial charge is 0.224 e. The SMILES string of the molecule is Cl.Cn1nccc1CNC(=O)[C@H]1CCNC1. The Kier molecular flexibility index (Phi) is 4.76. The standard InChI is InChI=1S/C10H16N4O.ClH/c1-14-9(3-5-13-14)7-12-10(15)8-2-4-11-6-8;/h3,5,8,11H,2,4,6-7H2,1H3,(H,12,15);1H/t8-;/m0./s1. The van der Waals surface area contributed by atoms with Crippen LogP contribution in [0.2, 0.25) is 0 Å². The molecule has 2 heterocycles. The van der Waals surface area contributed by atoms with E-state index in [0.717, 1.165) is 25.2 Å². The van der Waals surface area contributed by atoms with E-state index in [4.69, 9.17) is 0 Å². The van der Waals surface area contributed by atoms with Gasteiger partial charge in [0.2, 0.25) is 5.91 Å². The number of nitrogens with zero attached hydrogens (tertiary/aromatic N) is 2. The number of hydrogen-bond donors (Lipinski definition) is 2. The molecule has 2 rings (SSSR count). The van der Waals surface area contributed by atoms with Gasteiger partial charge in [-0.2, -0.15) is 5.10 Å². The molecule has 16 heavy (non-hydrogen) atoms. The van der Waals surface area contributed by atoms with Crippen LogP contribution in [0.3, 0.4) is 0 Å². The lowest BCUT2D eigenvalue weighted by molar-refractivity contribution is -0.124. The third kappa shape index (κ3) is 2.96. The van der Waals surface area contributed by atoms with Crippen LogP contribution in [0.1, 0.15) is 12.1 Å². The minimum Gasteiger partial charge on any atom is -0.350 e. The molecular formula is C10H17ClN4O. The average Bonchev–Trinajstić information content (AvgIpc) is 2.85. The molecule has 0 aliphatic carbocycles. The first kappa shape index (κ1) is 13.0.